The van der Waals surface area contributed by atoms with Crippen molar-refractivity contribution in [2.45, 2.75) is 44.8 Å². The van der Waals surface area contributed by atoms with Gasteiger partial charge in [-0.3, -0.25) is 9.88 Å². The van der Waals surface area contributed by atoms with Gasteiger partial charge in [-0.2, -0.15) is 0 Å². The topological polar surface area (TPSA) is 55.0 Å². The molecule has 94 valence electrons. The van der Waals surface area contributed by atoms with Crippen LogP contribution in [-0.4, -0.2) is 33.5 Å². The highest BCUT2D eigenvalue weighted by Gasteiger charge is 2.25. The molecule has 0 radical (unpaired) electrons. The highest BCUT2D eigenvalue weighted by molar-refractivity contribution is 6.29. The molecule has 0 amide bonds. The van der Waals surface area contributed by atoms with Gasteiger partial charge in [-0.1, -0.05) is 18.0 Å². The number of piperidine rings is 1. The molecule has 1 aromatic heterocycles. The standard InChI is InChI=1S/C12H19ClN4/c1-9(14)11-4-2-3-5-17(11)8-10-6-16-12(13)7-15-10/h6-7,9,11H,2-5,8,14H2,1H3. The third-order valence-corrected chi connectivity index (χ3v) is 3.51. The number of nitrogens with two attached hydrogens (primary N) is 1. The number of rotatable bonds is 3. The maximum absolute atomic E-state index is 6.04. The zero-order chi connectivity index (χ0) is 12.3. The fourth-order valence-corrected chi connectivity index (χ4v) is 2.53. The van der Waals surface area contributed by atoms with Crippen molar-refractivity contribution in [2.75, 3.05) is 6.54 Å². The van der Waals surface area contributed by atoms with E-state index in [9.17, 15) is 0 Å². The Hall–Kier alpha value is -0.710. The largest absolute Gasteiger partial charge is 0.327 e. The van der Waals surface area contributed by atoms with E-state index in [4.69, 9.17) is 17.3 Å². The Morgan fingerprint density at radius 2 is 2.29 bits per heavy atom. The predicted molar refractivity (Wildman–Crippen MR) is 68.7 cm³/mol. The average molecular weight is 255 g/mol. The molecule has 2 rings (SSSR count). The van der Waals surface area contributed by atoms with Crippen LogP contribution in [0.25, 0.3) is 0 Å². The lowest BCUT2D eigenvalue weighted by atomic mass is 9.97. The molecule has 0 spiro atoms. The van der Waals surface area contributed by atoms with Crippen molar-refractivity contribution >= 4 is 11.6 Å². The van der Waals surface area contributed by atoms with Gasteiger partial charge in [0.1, 0.15) is 5.15 Å². The molecule has 0 saturated carbocycles. The van der Waals surface area contributed by atoms with E-state index in [0.29, 0.717) is 11.2 Å². The summed E-state index contributed by atoms with van der Waals surface area (Å²) in [5.74, 6) is 0. The first kappa shape index (κ1) is 12.7. The minimum atomic E-state index is 0.204. The summed E-state index contributed by atoms with van der Waals surface area (Å²) in [7, 11) is 0. The van der Waals surface area contributed by atoms with Crippen LogP contribution >= 0.6 is 11.6 Å². The summed E-state index contributed by atoms with van der Waals surface area (Å²) in [4.78, 5) is 10.8. The third-order valence-electron chi connectivity index (χ3n) is 3.31. The quantitative estimate of drug-likeness (QED) is 0.894. The van der Waals surface area contributed by atoms with Gasteiger partial charge in [-0.15, -0.1) is 0 Å². The van der Waals surface area contributed by atoms with Crippen LogP contribution in [0.4, 0.5) is 0 Å². The van der Waals surface area contributed by atoms with Gasteiger partial charge in [0.15, 0.2) is 0 Å². The van der Waals surface area contributed by atoms with E-state index in [2.05, 4.69) is 21.8 Å². The summed E-state index contributed by atoms with van der Waals surface area (Å²) < 4.78 is 0. The monoisotopic (exact) mass is 254 g/mol. The Kier molecular flexibility index (Phi) is 4.31. The van der Waals surface area contributed by atoms with Crippen molar-refractivity contribution in [3.8, 4) is 0 Å². The Morgan fingerprint density at radius 1 is 1.47 bits per heavy atom. The second-order valence-corrected chi connectivity index (χ2v) is 5.11. The van der Waals surface area contributed by atoms with Gasteiger partial charge < -0.3 is 5.73 Å². The molecule has 0 aliphatic carbocycles. The van der Waals surface area contributed by atoms with Gasteiger partial charge in [0.25, 0.3) is 0 Å². The lowest BCUT2D eigenvalue weighted by Gasteiger charge is -2.37. The minimum Gasteiger partial charge on any atom is -0.327 e. The zero-order valence-corrected chi connectivity index (χ0v) is 10.9. The van der Waals surface area contributed by atoms with Crippen molar-refractivity contribution in [1.29, 1.82) is 0 Å². The molecule has 2 atom stereocenters. The first-order chi connectivity index (χ1) is 8.16. The summed E-state index contributed by atoms with van der Waals surface area (Å²) in [6.07, 6.45) is 7.04. The van der Waals surface area contributed by atoms with Crippen molar-refractivity contribution in [1.82, 2.24) is 14.9 Å². The summed E-state index contributed by atoms with van der Waals surface area (Å²) in [6, 6.07) is 0.664. The van der Waals surface area contributed by atoms with E-state index < -0.39 is 0 Å². The minimum absolute atomic E-state index is 0.204. The molecule has 0 aromatic carbocycles. The SMILES string of the molecule is CC(N)C1CCCCN1Cc1cnc(Cl)cn1. The Balaban J connectivity index is 2.02. The Morgan fingerprint density at radius 3 is 2.94 bits per heavy atom. The molecule has 2 heterocycles. The van der Waals surface area contributed by atoms with Crippen LogP contribution < -0.4 is 5.73 Å². The van der Waals surface area contributed by atoms with Crippen molar-refractivity contribution in [2.24, 2.45) is 5.73 Å². The fraction of sp³-hybridized carbons (Fsp3) is 0.667. The smallest absolute Gasteiger partial charge is 0.147 e. The number of hydrogen-bond acceptors (Lipinski definition) is 4. The van der Waals surface area contributed by atoms with Crippen LogP contribution in [0.2, 0.25) is 5.15 Å². The third kappa shape index (κ3) is 3.37. The highest BCUT2D eigenvalue weighted by Crippen LogP contribution is 2.20. The molecule has 17 heavy (non-hydrogen) atoms. The van der Waals surface area contributed by atoms with Gasteiger partial charge in [-0.25, -0.2) is 4.98 Å². The van der Waals surface area contributed by atoms with E-state index in [-0.39, 0.29) is 6.04 Å². The number of likely N-dealkylation sites (tertiary alicyclic amines) is 1. The van der Waals surface area contributed by atoms with Crippen molar-refractivity contribution in [3.05, 3.63) is 23.2 Å². The molecule has 4 nitrogen and oxygen atoms in total. The second kappa shape index (κ2) is 5.76. The molecule has 0 bridgehead atoms. The van der Waals surface area contributed by atoms with Gasteiger partial charge in [0.2, 0.25) is 0 Å². The lowest BCUT2D eigenvalue weighted by molar-refractivity contribution is 0.121. The first-order valence-electron chi connectivity index (χ1n) is 6.13. The molecule has 2 N–H and O–H groups in total. The average Bonchev–Trinajstić information content (AvgIpc) is 2.32. The van der Waals surface area contributed by atoms with Gasteiger partial charge >= 0.3 is 0 Å². The van der Waals surface area contributed by atoms with E-state index >= 15 is 0 Å². The van der Waals surface area contributed by atoms with Gasteiger partial charge in [0, 0.05) is 18.6 Å². The first-order valence-corrected chi connectivity index (χ1v) is 6.50. The summed E-state index contributed by atoms with van der Waals surface area (Å²) in [5.41, 5.74) is 7.00. The zero-order valence-electron chi connectivity index (χ0n) is 10.1. The van der Waals surface area contributed by atoms with Crippen molar-refractivity contribution < 1.29 is 0 Å². The van der Waals surface area contributed by atoms with Crippen LogP contribution in [0, 0.1) is 0 Å². The van der Waals surface area contributed by atoms with Crippen LogP contribution in [0.3, 0.4) is 0 Å². The highest BCUT2D eigenvalue weighted by atomic mass is 35.5. The van der Waals surface area contributed by atoms with E-state index in [1.807, 2.05) is 0 Å². The molecule has 5 heteroatoms. The summed E-state index contributed by atoms with van der Waals surface area (Å²) >= 11 is 5.73. The summed E-state index contributed by atoms with van der Waals surface area (Å²) in [6.45, 7) is 3.99. The fourth-order valence-electron chi connectivity index (χ4n) is 2.44. The molecular weight excluding hydrogens is 236 g/mol. The van der Waals surface area contributed by atoms with Gasteiger partial charge in [0.05, 0.1) is 18.1 Å². The maximum atomic E-state index is 6.04. The predicted octanol–water partition coefficient (Wildman–Crippen LogP) is 1.83. The molecule has 1 aromatic rings. The van der Waals surface area contributed by atoms with E-state index in [1.54, 1.807) is 12.4 Å². The van der Waals surface area contributed by atoms with Gasteiger partial charge in [-0.05, 0) is 26.3 Å². The second-order valence-electron chi connectivity index (χ2n) is 4.72. The molecule has 1 saturated heterocycles. The normalized spacial score (nSPS) is 23.6. The van der Waals surface area contributed by atoms with Crippen molar-refractivity contribution in [3.63, 3.8) is 0 Å². The lowest BCUT2D eigenvalue weighted by Crippen LogP contribution is -2.48. The molecule has 1 aliphatic heterocycles. The van der Waals surface area contributed by atoms with E-state index in [1.165, 1.54) is 19.3 Å². The van der Waals surface area contributed by atoms with Crippen LogP contribution in [0.5, 0.6) is 0 Å². The molecule has 1 aliphatic rings. The molecular formula is C12H19ClN4. The van der Waals surface area contributed by atoms with E-state index in [0.717, 1.165) is 18.8 Å². The Labute approximate surface area is 107 Å². The number of hydrogen-bond donors (Lipinski definition) is 1. The number of halogens is 1. The maximum Gasteiger partial charge on any atom is 0.147 e. The summed E-state index contributed by atoms with van der Waals surface area (Å²) in [5, 5.41) is 0.441. The van der Waals surface area contributed by atoms with Crippen LogP contribution in [-0.2, 0) is 6.54 Å². The van der Waals surface area contributed by atoms with Crippen LogP contribution in [0.1, 0.15) is 31.9 Å². The molecule has 2 unspecified atom stereocenters. The number of nitrogens with zero attached hydrogens (tertiary/aromatic N) is 3. The molecule has 1 fully saturated rings. The number of aromatic nitrogens is 2. The Bertz CT molecular complexity index is 352. The van der Waals surface area contributed by atoms with Crippen LogP contribution in [0.15, 0.2) is 12.4 Å².